The summed E-state index contributed by atoms with van der Waals surface area (Å²) < 4.78 is 0. The molecule has 0 saturated carbocycles. The Hall–Kier alpha value is -2.60. The van der Waals surface area contributed by atoms with Gasteiger partial charge in [-0.3, -0.25) is 0 Å². The first kappa shape index (κ1) is 20.4. The zero-order valence-electron chi connectivity index (χ0n) is 14.9. The number of benzene rings is 1. The molecule has 0 spiro atoms. The molecule has 0 nitrogen and oxygen atoms in total. The molecular formula is C25H30. The Kier molecular flexibility index (Phi) is 7.39. The minimum absolute atomic E-state index is 0. The lowest BCUT2D eigenvalue weighted by molar-refractivity contribution is 0.660. The fourth-order valence-corrected chi connectivity index (χ4v) is 2.90. The number of rotatable bonds is 5. The summed E-state index contributed by atoms with van der Waals surface area (Å²) in [6.45, 7) is 14.3. The van der Waals surface area contributed by atoms with Crippen molar-refractivity contribution < 1.29 is 0 Å². The van der Waals surface area contributed by atoms with E-state index in [1.807, 2.05) is 24.3 Å². The highest BCUT2D eigenvalue weighted by Crippen LogP contribution is 2.38. The van der Waals surface area contributed by atoms with E-state index in [-0.39, 0.29) is 12.8 Å². The van der Waals surface area contributed by atoms with Crippen LogP contribution in [-0.4, -0.2) is 0 Å². The Morgan fingerprint density at radius 2 is 1.72 bits per heavy atom. The lowest BCUT2D eigenvalue weighted by Gasteiger charge is -2.25. The molecule has 0 heteroatoms. The topological polar surface area (TPSA) is 0 Å². The van der Waals surface area contributed by atoms with Crippen LogP contribution in [0.3, 0.4) is 0 Å². The molecule has 1 aromatic carbocycles. The molecule has 1 unspecified atom stereocenters. The van der Waals surface area contributed by atoms with Gasteiger partial charge in [0.05, 0.1) is 0 Å². The molecular weight excluding hydrogens is 300 g/mol. The highest BCUT2D eigenvalue weighted by Gasteiger charge is 2.24. The molecule has 2 rings (SSSR count). The smallest absolute Gasteiger partial charge is 0.0258 e. The van der Waals surface area contributed by atoms with Gasteiger partial charge < -0.3 is 0 Å². The highest BCUT2D eigenvalue weighted by atomic mass is 14.3. The van der Waals surface area contributed by atoms with Crippen LogP contribution in [0.5, 0.6) is 0 Å². The van der Waals surface area contributed by atoms with Crippen LogP contribution in [0, 0.1) is 5.41 Å². The molecule has 0 saturated heterocycles. The van der Waals surface area contributed by atoms with E-state index in [0.29, 0.717) is 0 Å². The second-order valence-electron chi connectivity index (χ2n) is 6.21. The van der Waals surface area contributed by atoms with Crippen molar-refractivity contribution in [3.8, 4) is 0 Å². The maximum atomic E-state index is 3.95. The second-order valence-corrected chi connectivity index (χ2v) is 6.21. The van der Waals surface area contributed by atoms with E-state index in [1.165, 1.54) is 16.7 Å². The van der Waals surface area contributed by atoms with Gasteiger partial charge >= 0.3 is 0 Å². The van der Waals surface area contributed by atoms with E-state index in [2.05, 4.69) is 88.6 Å². The molecule has 1 aromatic rings. The van der Waals surface area contributed by atoms with Gasteiger partial charge in [0.15, 0.2) is 0 Å². The molecule has 0 amide bonds. The maximum Gasteiger partial charge on any atom is 0.0258 e. The minimum atomic E-state index is -0.151. The predicted octanol–water partition coefficient (Wildman–Crippen LogP) is 7.47. The Morgan fingerprint density at radius 3 is 2.28 bits per heavy atom. The summed E-state index contributed by atoms with van der Waals surface area (Å²) in [5, 5.41) is 0. The SMILES string of the molecule is C.C=C/C=C(\C=C)C1=CC(C)(/C(C)=C/C)C=C(c2ccccc2)C=C1. The van der Waals surface area contributed by atoms with E-state index >= 15 is 0 Å². The third-order valence-electron chi connectivity index (χ3n) is 4.59. The Balaban J connectivity index is 0.00000312. The van der Waals surface area contributed by atoms with Crippen molar-refractivity contribution in [3.05, 3.63) is 114 Å². The van der Waals surface area contributed by atoms with E-state index in [9.17, 15) is 0 Å². The Bertz CT molecular complexity index is 764. The molecule has 0 heterocycles. The monoisotopic (exact) mass is 330 g/mol. The van der Waals surface area contributed by atoms with Gasteiger partial charge in [0.1, 0.15) is 0 Å². The normalized spacial score (nSPS) is 20.8. The average molecular weight is 331 g/mol. The fraction of sp³-hybridized carbons (Fsp3) is 0.200. The summed E-state index contributed by atoms with van der Waals surface area (Å²) in [4.78, 5) is 0. The summed E-state index contributed by atoms with van der Waals surface area (Å²) in [7, 11) is 0. The fourth-order valence-electron chi connectivity index (χ4n) is 2.90. The number of hydrogen-bond acceptors (Lipinski definition) is 0. The molecule has 0 radical (unpaired) electrons. The zero-order chi connectivity index (χ0) is 17.6. The van der Waals surface area contributed by atoms with Gasteiger partial charge in [-0.25, -0.2) is 0 Å². The quantitative estimate of drug-likeness (QED) is 0.388. The third kappa shape index (κ3) is 4.70. The Morgan fingerprint density at radius 1 is 1.04 bits per heavy atom. The van der Waals surface area contributed by atoms with Crippen LogP contribution in [0.15, 0.2) is 109 Å². The first-order chi connectivity index (χ1) is 11.5. The summed E-state index contributed by atoms with van der Waals surface area (Å²) in [6.07, 6.45) is 16.9. The van der Waals surface area contributed by atoms with Crippen LogP contribution >= 0.6 is 0 Å². The van der Waals surface area contributed by atoms with E-state index in [4.69, 9.17) is 0 Å². The summed E-state index contributed by atoms with van der Waals surface area (Å²) in [5.41, 5.74) is 5.87. The van der Waals surface area contributed by atoms with Crippen molar-refractivity contribution in [3.63, 3.8) is 0 Å². The summed E-state index contributed by atoms with van der Waals surface area (Å²) in [6, 6.07) is 10.5. The largest absolute Gasteiger partial charge is 0.0990 e. The van der Waals surface area contributed by atoms with Crippen LogP contribution in [0.1, 0.15) is 33.8 Å². The van der Waals surface area contributed by atoms with Crippen LogP contribution in [0.4, 0.5) is 0 Å². The molecule has 1 aliphatic rings. The minimum Gasteiger partial charge on any atom is -0.0990 e. The summed E-state index contributed by atoms with van der Waals surface area (Å²) in [5.74, 6) is 0. The molecule has 0 N–H and O–H groups in total. The van der Waals surface area contributed by atoms with E-state index in [0.717, 1.165) is 11.1 Å². The van der Waals surface area contributed by atoms with E-state index in [1.54, 1.807) is 0 Å². The van der Waals surface area contributed by atoms with Crippen LogP contribution in [-0.2, 0) is 0 Å². The van der Waals surface area contributed by atoms with Gasteiger partial charge in [0.25, 0.3) is 0 Å². The zero-order valence-corrected chi connectivity index (χ0v) is 14.9. The molecule has 25 heavy (non-hydrogen) atoms. The van der Waals surface area contributed by atoms with Gasteiger partial charge in [-0.15, -0.1) is 0 Å². The van der Waals surface area contributed by atoms with Gasteiger partial charge in [-0.1, -0.05) is 105 Å². The van der Waals surface area contributed by atoms with Crippen molar-refractivity contribution in [2.45, 2.75) is 28.2 Å². The van der Waals surface area contributed by atoms with E-state index < -0.39 is 0 Å². The first-order valence-electron chi connectivity index (χ1n) is 8.32. The van der Waals surface area contributed by atoms with Crippen molar-refractivity contribution in [1.29, 1.82) is 0 Å². The predicted molar refractivity (Wildman–Crippen MR) is 114 cm³/mol. The molecule has 1 aliphatic carbocycles. The molecule has 130 valence electrons. The van der Waals surface area contributed by atoms with Crippen LogP contribution in [0.2, 0.25) is 0 Å². The van der Waals surface area contributed by atoms with Gasteiger partial charge in [0.2, 0.25) is 0 Å². The molecule has 1 atom stereocenters. The summed E-state index contributed by atoms with van der Waals surface area (Å²) >= 11 is 0. The van der Waals surface area contributed by atoms with Gasteiger partial charge in [-0.2, -0.15) is 0 Å². The van der Waals surface area contributed by atoms with Crippen molar-refractivity contribution in [2.75, 3.05) is 0 Å². The molecule has 0 aliphatic heterocycles. The first-order valence-corrected chi connectivity index (χ1v) is 8.32. The second kappa shape index (κ2) is 9.03. The molecule has 0 fully saturated rings. The highest BCUT2D eigenvalue weighted by molar-refractivity contribution is 5.77. The number of hydrogen-bond donors (Lipinski definition) is 0. The lowest BCUT2D eigenvalue weighted by atomic mass is 9.79. The standard InChI is InChI=1S/C24H26.CH4/c1-6-12-20(8-3)22-15-16-23(21-13-10-9-11-14-21)18-24(5,17-22)19(4)7-2;/h6-18H,1,3H2,2,4-5H3;1H4/b19-7+,20-12+;. The molecule has 0 bridgehead atoms. The maximum absolute atomic E-state index is 3.95. The van der Waals surface area contributed by atoms with Crippen molar-refractivity contribution in [2.24, 2.45) is 5.41 Å². The third-order valence-corrected chi connectivity index (χ3v) is 4.59. The van der Waals surface area contributed by atoms with Crippen LogP contribution < -0.4 is 0 Å². The molecule has 0 aromatic heterocycles. The van der Waals surface area contributed by atoms with Crippen LogP contribution in [0.25, 0.3) is 5.57 Å². The van der Waals surface area contributed by atoms with Gasteiger partial charge in [-0.05, 0) is 43.1 Å². The van der Waals surface area contributed by atoms with Crippen molar-refractivity contribution in [1.82, 2.24) is 0 Å². The van der Waals surface area contributed by atoms with Crippen molar-refractivity contribution >= 4 is 5.57 Å². The lowest BCUT2D eigenvalue weighted by Crippen LogP contribution is -2.12. The average Bonchev–Trinajstić information content (AvgIpc) is 2.79. The Labute approximate surface area is 154 Å². The number of allylic oxidation sites excluding steroid dienone is 12. The van der Waals surface area contributed by atoms with Gasteiger partial charge in [0, 0.05) is 5.41 Å².